The Hall–Kier alpha value is -1.97. The van der Waals surface area contributed by atoms with Crippen molar-refractivity contribution in [2.24, 2.45) is 0 Å². The smallest absolute Gasteiger partial charge is 0.330 e. The first-order valence-electron chi connectivity index (χ1n) is 4.56. The van der Waals surface area contributed by atoms with E-state index >= 15 is 0 Å². The van der Waals surface area contributed by atoms with Gasteiger partial charge in [0.1, 0.15) is 0 Å². The van der Waals surface area contributed by atoms with Crippen molar-refractivity contribution in [2.45, 2.75) is 6.42 Å². The second kappa shape index (κ2) is 5.05. The molecule has 0 saturated carbocycles. The zero-order chi connectivity index (χ0) is 11.3. The number of hydrogen-bond donors (Lipinski definition) is 2. The summed E-state index contributed by atoms with van der Waals surface area (Å²) in [5.41, 5.74) is 13.4. The number of carbonyl (C=O) groups excluding carboxylic acids is 1. The minimum absolute atomic E-state index is 0.299. The lowest BCUT2D eigenvalue weighted by Gasteiger charge is -2.05. The van der Waals surface area contributed by atoms with Crippen LogP contribution in [0.5, 0.6) is 0 Å². The first-order chi connectivity index (χ1) is 7.11. The maximum Gasteiger partial charge on any atom is 0.330 e. The number of nitrogen functional groups attached to an aromatic ring is 2. The van der Waals surface area contributed by atoms with Gasteiger partial charge in [-0.3, -0.25) is 0 Å². The van der Waals surface area contributed by atoms with Crippen LogP contribution in [0.1, 0.15) is 5.56 Å². The summed E-state index contributed by atoms with van der Waals surface area (Å²) in [6, 6.07) is 5.29. The van der Waals surface area contributed by atoms with Crippen molar-refractivity contribution < 1.29 is 9.53 Å². The van der Waals surface area contributed by atoms with Gasteiger partial charge < -0.3 is 16.2 Å². The molecule has 0 saturated heterocycles. The number of esters is 1. The molecule has 1 aromatic rings. The largest absolute Gasteiger partial charge is 0.462 e. The predicted octanol–water partition coefficient (Wildman–Crippen LogP) is 1.12. The van der Waals surface area contributed by atoms with Gasteiger partial charge in [-0.2, -0.15) is 0 Å². The van der Waals surface area contributed by atoms with Crippen LogP contribution >= 0.6 is 0 Å². The molecule has 0 atom stereocenters. The molecule has 4 heteroatoms. The number of anilines is 2. The number of hydrogen-bond acceptors (Lipinski definition) is 4. The van der Waals surface area contributed by atoms with E-state index < -0.39 is 5.97 Å². The molecule has 0 spiro atoms. The second-order valence-electron chi connectivity index (χ2n) is 3.13. The molecule has 0 aromatic heterocycles. The Morgan fingerprint density at radius 2 is 1.93 bits per heavy atom. The maximum atomic E-state index is 10.7. The van der Waals surface area contributed by atoms with Gasteiger partial charge in [-0.25, -0.2) is 4.79 Å². The first-order valence-corrected chi connectivity index (χ1v) is 4.56. The van der Waals surface area contributed by atoms with E-state index in [9.17, 15) is 4.79 Å². The minimum Gasteiger partial charge on any atom is -0.462 e. The summed E-state index contributed by atoms with van der Waals surface area (Å²) < 4.78 is 4.84. The number of carbonyl (C=O) groups is 1. The Labute approximate surface area is 88.5 Å². The highest BCUT2D eigenvalue weighted by molar-refractivity contribution is 5.81. The predicted molar refractivity (Wildman–Crippen MR) is 60.1 cm³/mol. The fourth-order valence-electron chi connectivity index (χ4n) is 1.22. The summed E-state index contributed by atoms with van der Waals surface area (Å²) in [5.74, 6) is -0.424. The van der Waals surface area contributed by atoms with E-state index in [0.29, 0.717) is 24.4 Å². The van der Waals surface area contributed by atoms with Gasteiger partial charge >= 0.3 is 5.97 Å². The topological polar surface area (TPSA) is 78.3 Å². The highest BCUT2D eigenvalue weighted by Gasteiger charge is 1.99. The second-order valence-corrected chi connectivity index (χ2v) is 3.13. The number of nitrogens with two attached hydrogens (primary N) is 2. The van der Waals surface area contributed by atoms with E-state index in [0.717, 1.165) is 11.6 Å². The molecule has 0 bridgehead atoms. The molecule has 1 rings (SSSR count). The normalized spacial score (nSPS) is 9.60. The summed E-state index contributed by atoms with van der Waals surface area (Å²) in [7, 11) is 0. The summed E-state index contributed by atoms with van der Waals surface area (Å²) >= 11 is 0. The quantitative estimate of drug-likeness (QED) is 0.439. The van der Waals surface area contributed by atoms with Crippen LogP contribution < -0.4 is 11.5 Å². The van der Waals surface area contributed by atoms with E-state index in [-0.39, 0.29) is 0 Å². The Morgan fingerprint density at radius 3 is 2.47 bits per heavy atom. The molecule has 0 aliphatic rings. The third-order valence-electron chi connectivity index (χ3n) is 1.84. The lowest BCUT2D eigenvalue weighted by atomic mass is 10.1. The maximum absolute atomic E-state index is 10.7. The molecule has 0 radical (unpaired) electrons. The zero-order valence-electron chi connectivity index (χ0n) is 8.40. The first kappa shape index (κ1) is 11.1. The van der Waals surface area contributed by atoms with Crippen LogP contribution in [0.3, 0.4) is 0 Å². The molecule has 0 aliphatic carbocycles. The van der Waals surface area contributed by atoms with Gasteiger partial charge in [0.15, 0.2) is 0 Å². The van der Waals surface area contributed by atoms with Crippen molar-refractivity contribution in [2.75, 3.05) is 18.1 Å². The van der Waals surface area contributed by atoms with Crippen LogP contribution in [-0.4, -0.2) is 12.6 Å². The fourth-order valence-corrected chi connectivity index (χ4v) is 1.22. The van der Waals surface area contributed by atoms with Crippen LogP contribution in [0, 0.1) is 0 Å². The molecular weight excluding hydrogens is 192 g/mol. The van der Waals surface area contributed by atoms with Crippen LogP contribution in [-0.2, 0) is 16.0 Å². The highest BCUT2D eigenvalue weighted by atomic mass is 16.5. The molecule has 0 fully saturated rings. The van der Waals surface area contributed by atoms with E-state index in [4.69, 9.17) is 16.2 Å². The third-order valence-corrected chi connectivity index (χ3v) is 1.84. The minimum atomic E-state index is -0.424. The molecule has 80 valence electrons. The number of benzene rings is 1. The van der Waals surface area contributed by atoms with Crippen molar-refractivity contribution in [3.63, 3.8) is 0 Å². The molecule has 0 heterocycles. The van der Waals surface area contributed by atoms with Gasteiger partial charge in [0, 0.05) is 23.9 Å². The summed E-state index contributed by atoms with van der Waals surface area (Å²) in [6.45, 7) is 3.60. The SMILES string of the molecule is C=CC(=O)OCCc1cc(N)cc(N)c1. The Bertz CT molecular complexity index is 355. The van der Waals surface area contributed by atoms with Crippen molar-refractivity contribution in [3.8, 4) is 0 Å². The van der Waals surface area contributed by atoms with Crippen molar-refractivity contribution in [1.82, 2.24) is 0 Å². The van der Waals surface area contributed by atoms with Crippen molar-refractivity contribution in [1.29, 1.82) is 0 Å². The number of ether oxygens (including phenoxy) is 1. The number of rotatable bonds is 4. The molecule has 4 N–H and O–H groups in total. The van der Waals surface area contributed by atoms with Gasteiger partial charge in [0.25, 0.3) is 0 Å². The van der Waals surface area contributed by atoms with Gasteiger partial charge in [0.05, 0.1) is 6.61 Å². The molecule has 15 heavy (non-hydrogen) atoms. The standard InChI is InChI=1S/C11H14N2O2/c1-2-11(14)15-4-3-8-5-9(12)7-10(13)6-8/h2,5-7H,1,3-4,12-13H2. The molecular formula is C11H14N2O2. The van der Waals surface area contributed by atoms with E-state index in [1.54, 1.807) is 18.2 Å². The summed E-state index contributed by atoms with van der Waals surface area (Å²) in [6.07, 6.45) is 1.72. The van der Waals surface area contributed by atoms with Crippen molar-refractivity contribution in [3.05, 3.63) is 36.4 Å². The van der Waals surface area contributed by atoms with Gasteiger partial charge in [0.2, 0.25) is 0 Å². The zero-order valence-corrected chi connectivity index (χ0v) is 8.40. The van der Waals surface area contributed by atoms with Crippen LogP contribution in [0.4, 0.5) is 11.4 Å². The lowest BCUT2D eigenvalue weighted by Crippen LogP contribution is -2.05. The fraction of sp³-hybridized carbons (Fsp3) is 0.182. The molecule has 4 nitrogen and oxygen atoms in total. The molecule has 1 aromatic carbocycles. The summed E-state index contributed by atoms with van der Waals surface area (Å²) in [5, 5.41) is 0. The van der Waals surface area contributed by atoms with E-state index in [1.807, 2.05) is 0 Å². The average Bonchev–Trinajstić information content (AvgIpc) is 2.16. The Morgan fingerprint density at radius 1 is 1.33 bits per heavy atom. The Balaban J connectivity index is 2.50. The lowest BCUT2D eigenvalue weighted by molar-refractivity contribution is -0.137. The molecule has 0 aliphatic heterocycles. The van der Waals surface area contributed by atoms with E-state index in [2.05, 4.69) is 6.58 Å². The van der Waals surface area contributed by atoms with Crippen LogP contribution in [0.25, 0.3) is 0 Å². The van der Waals surface area contributed by atoms with Crippen LogP contribution in [0.2, 0.25) is 0 Å². The van der Waals surface area contributed by atoms with Crippen LogP contribution in [0.15, 0.2) is 30.9 Å². The molecule has 0 unspecified atom stereocenters. The van der Waals surface area contributed by atoms with Crippen molar-refractivity contribution >= 4 is 17.3 Å². The Kier molecular flexibility index (Phi) is 3.74. The van der Waals surface area contributed by atoms with Gasteiger partial charge in [-0.1, -0.05) is 6.58 Å². The highest BCUT2D eigenvalue weighted by Crippen LogP contribution is 2.13. The molecule has 0 amide bonds. The van der Waals surface area contributed by atoms with E-state index in [1.165, 1.54) is 0 Å². The third kappa shape index (κ3) is 3.72. The summed E-state index contributed by atoms with van der Waals surface area (Å²) in [4.78, 5) is 10.7. The van der Waals surface area contributed by atoms with Gasteiger partial charge in [-0.05, 0) is 23.8 Å². The average molecular weight is 206 g/mol. The van der Waals surface area contributed by atoms with Gasteiger partial charge in [-0.15, -0.1) is 0 Å². The monoisotopic (exact) mass is 206 g/mol.